The summed E-state index contributed by atoms with van der Waals surface area (Å²) in [7, 11) is 1.24. The lowest BCUT2D eigenvalue weighted by molar-refractivity contribution is 0.223. The van der Waals surface area contributed by atoms with Gasteiger partial charge in [-0.1, -0.05) is 12.8 Å². The van der Waals surface area contributed by atoms with E-state index in [0.717, 1.165) is 25.7 Å². The van der Waals surface area contributed by atoms with E-state index in [1.165, 1.54) is 12.8 Å². The molecule has 0 saturated heterocycles. The molecule has 0 aromatic rings. The normalized spacial score (nSPS) is 35.9. The van der Waals surface area contributed by atoms with Crippen molar-refractivity contribution in [3.05, 3.63) is 0 Å². The molecule has 1 unspecified atom stereocenters. The Bertz CT molecular complexity index is 222. The maximum Gasteiger partial charge on any atom is 0.0974 e. The van der Waals surface area contributed by atoms with Crippen LogP contribution in [0.3, 0.4) is 0 Å². The molecule has 0 aromatic carbocycles. The fourth-order valence-electron chi connectivity index (χ4n) is 2.40. The first kappa shape index (κ1) is 10.6. The van der Waals surface area contributed by atoms with Crippen molar-refractivity contribution in [3.63, 3.8) is 0 Å². The third-order valence-electron chi connectivity index (χ3n) is 3.54. The predicted octanol–water partition coefficient (Wildman–Crippen LogP) is 1.01. The molecule has 14 heavy (non-hydrogen) atoms. The third kappa shape index (κ3) is 2.02. The summed E-state index contributed by atoms with van der Waals surface area (Å²) in [5, 5.41) is 0.428. The van der Waals surface area contributed by atoms with Crippen LogP contribution in [0.15, 0.2) is 0 Å². The molecule has 1 atom stereocenters. The summed E-state index contributed by atoms with van der Waals surface area (Å²) < 4.78 is 14.1. The molecular formula is C10H20N2OS. The molecule has 2 aliphatic rings. The van der Waals surface area contributed by atoms with Gasteiger partial charge in [0.25, 0.3) is 0 Å². The van der Waals surface area contributed by atoms with Crippen molar-refractivity contribution in [1.29, 1.82) is 0 Å². The van der Waals surface area contributed by atoms with Crippen molar-refractivity contribution >= 4 is 11.0 Å². The van der Waals surface area contributed by atoms with Crippen molar-refractivity contribution in [2.24, 2.45) is 5.73 Å². The van der Waals surface area contributed by atoms with Gasteiger partial charge in [-0.3, -0.25) is 0 Å². The standard InChI is InChI=1S/C10H20N2OS/c1-12(9-6-8(11)7-9)14(13)10-4-2-3-5-10/h8-10H,2-7,11H2,1H3. The summed E-state index contributed by atoms with van der Waals surface area (Å²) >= 11 is 0. The van der Waals surface area contributed by atoms with Gasteiger partial charge in [-0.15, -0.1) is 0 Å². The molecule has 3 nitrogen and oxygen atoms in total. The lowest BCUT2D eigenvalue weighted by atomic mass is 9.88. The highest BCUT2D eigenvalue weighted by Gasteiger charge is 2.34. The number of hydrogen-bond donors (Lipinski definition) is 1. The molecule has 2 N–H and O–H groups in total. The predicted molar refractivity (Wildman–Crippen MR) is 59.2 cm³/mol. The van der Waals surface area contributed by atoms with E-state index in [-0.39, 0.29) is 0 Å². The number of nitrogens with two attached hydrogens (primary N) is 1. The fraction of sp³-hybridized carbons (Fsp3) is 1.00. The highest BCUT2D eigenvalue weighted by Crippen LogP contribution is 2.29. The van der Waals surface area contributed by atoms with E-state index in [1.807, 2.05) is 7.05 Å². The number of hydrogen-bond acceptors (Lipinski definition) is 2. The van der Waals surface area contributed by atoms with E-state index in [2.05, 4.69) is 4.31 Å². The second-order valence-corrected chi connectivity index (χ2v) is 6.41. The smallest absolute Gasteiger partial charge is 0.0974 e. The van der Waals surface area contributed by atoms with Crippen LogP contribution in [0.2, 0.25) is 0 Å². The van der Waals surface area contributed by atoms with E-state index in [4.69, 9.17) is 5.73 Å². The second kappa shape index (κ2) is 4.29. The molecule has 2 fully saturated rings. The molecule has 2 saturated carbocycles. The summed E-state index contributed by atoms with van der Waals surface area (Å²) in [6, 6.07) is 0.828. The van der Waals surface area contributed by atoms with Gasteiger partial charge in [0.15, 0.2) is 0 Å². The van der Waals surface area contributed by atoms with Gasteiger partial charge < -0.3 is 5.73 Å². The fourth-order valence-corrected chi connectivity index (χ4v) is 4.07. The van der Waals surface area contributed by atoms with Crippen LogP contribution >= 0.6 is 0 Å². The first-order valence-corrected chi connectivity index (χ1v) is 6.74. The molecule has 0 radical (unpaired) electrons. The second-order valence-electron chi connectivity index (χ2n) is 4.61. The average molecular weight is 216 g/mol. The molecule has 0 heterocycles. The van der Waals surface area contributed by atoms with Crippen molar-refractivity contribution in [1.82, 2.24) is 4.31 Å². The van der Waals surface area contributed by atoms with Gasteiger partial charge in [-0.2, -0.15) is 0 Å². The van der Waals surface area contributed by atoms with Crippen molar-refractivity contribution in [2.75, 3.05) is 7.05 Å². The Labute approximate surface area is 88.6 Å². The van der Waals surface area contributed by atoms with Crippen LogP contribution < -0.4 is 5.73 Å². The van der Waals surface area contributed by atoms with Gasteiger partial charge in [-0.25, -0.2) is 8.51 Å². The molecule has 0 aromatic heterocycles. The monoisotopic (exact) mass is 216 g/mol. The molecule has 82 valence electrons. The quantitative estimate of drug-likeness (QED) is 0.765. The molecule has 0 aliphatic heterocycles. The van der Waals surface area contributed by atoms with Crippen LogP contribution in [0.25, 0.3) is 0 Å². The van der Waals surface area contributed by atoms with Gasteiger partial charge in [0, 0.05) is 24.4 Å². The van der Waals surface area contributed by atoms with Gasteiger partial charge in [0.1, 0.15) is 0 Å². The minimum absolute atomic E-state index is 0.350. The highest BCUT2D eigenvalue weighted by atomic mass is 32.2. The Balaban J connectivity index is 1.84. The molecule has 0 amide bonds. The van der Waals surface area contributed by atoms with Crippen molar-refractivity contribution in [3.8, 4) is 0 Å². The number of rotatable bonds is 3. The summed E-state index contributed by atoms with van der Waals surface area (Å²) in [6.07, 6.45) is 6.86. The van der Waals surface area contributed by atoms with Crippen molar-refractivity contribution < 1.29 is 4.21 Å². The van der Waals surface area contributed by atoms with Gasteiger partial charge in [0.2, 0.25) is 0 Å². The minimum atomic E-state index is -0.756. The van der Waals surface area contributed by atoms with Gasteiger partial charge in [-0.05, 0) is 25.7 Å². The maximum absolute atomic E-state index is 12.1. The Hall–Kier alpha value is 0.0700. The lowest BCUT2D eigenvalue weighted by Gasteiger charge is -2.39. The average Bonchev–Trinajstić information content (AvgIpc) is 2.63. The lowest BCUT2D eigenvalue weighted by Crippen LogP contribution is -2.50. The van der Waals surface area contributed by atoms with E-state index < -0.39 is 11.0 Å². The zero-order valence-electron chi connectivity index (χ0n) is 8.82. The molecule has 0 bridgehead atoms. The Morgan fingerprint density at radius 3 is 2.36 bits per heavy atom. The summed E-state index contributed by atoms with van der Waals surface area (Å²) in [5.41, 5.74) is 5.73. The van der Waals surface area contributed by atoms with Gasteiger partial charge in [0.05, 0.1) is 11.0 Å². The van der Waals surface area contributed by atoms with E-state index in [1.54, 1.807) is 0 Å². The number of nitrogens with zero attached hydrogens (tertiary/aromatic N) is 1. The first-order valence-electron chi connectivity index (χ1n) is 5.57. The topological polar surface area (TPSA) is 46.3 Å². The Kier molecular flexibility index (Phi) is 3.24. The van der Waals surface area contributed by atoms with Crippen LogP contribution in [0.1, 0.15) is 38.5 Å². The molecular weight excluding hydrogens is 196 g/mol. The van der Waals surface area contributed by atoms with E-state index >= 15 is 0 Å². The van der Waals surface area contributed by atoms with Crippen LogP contribution in [0.5, 0.6) is 0 Å². The zero-order valence-corrected chi connectivity index (χ0v) is 9.63. The van der Waals surface area contributed by atoms with Crippen LogP contribution in [-0.4, -0.2) is 32.9 Å². The molecule has 0 spiro atoms. The maximum atomic E-state index is 12.1. The molecule has 2 rings (SSSR count). The largest absolute Gasteiger partial charge is 0.328 e. The first-order chi connectivity index (χ1) is 6.68. The SMILES string of the molecule is CN(C1CC(N)C1)S(=O)C1CCCC1. The van der Waals surface area contributed by atoms with Crippen molar-refractivity contribution in [2.45, 2.75) is 55.9 Å². The molecule has 2 aliphatic carbocycles. The highest BCUT2D eigenvalue weighted by molar-refractivity contribution is 7.83. The summed E-state index contributed by atoms with van der Waals surface area (Å²) in [6.45, 7) is 0. The summed E-state index contributed by atoms with van der Waals surface area (Å²) in [5.74, 6) is 0. The summed E-state index contributed by atoms with van der Waals surface area (Å²) in [4.78, 5) is 0. The Morgan fingerprint density at radius 1 is 1.29 bits per heavy atom. The third-order valence-corrected chi connectivity index (χ3v) is 5.44. The zero-order chi connectivity index (χ0) is 10.1. The molecule has 4 heteroatoms. The van der Waals surface area contributed by atoms with Crippen LogP contribution in [0, 0.1) is 0 Å². The van der Waals surface area contributed by atoms with E-state index in [9.17, 15) is 4.21 Å². The van der Waals surface area contributed by atoms with Crippen LogP contribution in [0.4, 0.5) is 0 Å². The van der Waals surface area contributed by atoms with E-state index in [0.29, 0.717) is 17.3 Å². The Morgan fingerprint density at radius 2 is 1.86 bits per heavy atom. The van der Waals surface area contributed by atoms with Gasteiger partial charge >= 0.3 is 0 Å². The van der Waals surface area contributed by atoms with Crippen LogP contribution in [-0.2, 0) is 11.0 Å². The minimum Gasteiger partial charge on any atom is -0.328 e.